The molecule has 0 aliphatic carbocycles. The number of thiophene rings is 1. The van der Waals surface area contributed by atoms with Crippen molar-refractivity contribution in [2.45, 2.75) is 12.6 Å². The van der Waals surface area contributed by atoms with E-state index in [4.69, 9.17) is 14.2 Å². The number of carbonyl (C=O) groups is 2. The first-order valence-electron chi connectivity index (χ1n) is 8.35. The molecule has 2 heterocycles. The van der Waals surface area contributed by atoms with E-state index < -0.39 is 6.09 Å². The highest BCUT2D eigenvalue weighted by atomic mass is 32.1. The molecule has 1 aliphatic rings. The third-order valence-corrected chi connectivity index (χ3v) is 4.93. The van der Waals surface area contributed by atoms with E-state index in [1.54, 1.807) is 31.3 Å². The van der Waals surface area contributed by atoms with Gasteiger partial charge in [-0.05, 0) is 35.2 Å². The average molecular weight is 391 g/mol. The van der Waals surface area contributed by atoms with E-state index in [2.05, 4.69) is 10.6 Å². The van der Waals surface area contributed by atoms with Crippen LogP contribution in [0.15, 0.2) is 35.7 Å². The average Bonchev–Trinajstić information content (AvgIpc) is 3.33. The van der Waals surface area contributed by atoms with Crippen LogP contribution >= 0.6 is 11.3 Å². The number of hydrogen-bond donors (Lipinski definition) is 2. The quantitative estimate of drug-likeness (QED) is 0.757. The maximum atomic E-state index is 12.0. The number of ether oxygens (including phenoxy) is 3. The van der Waals surface area contributed by atoms with Gasteiger partial charge in [0.15, 0.2) is 11.5 Å². The van der Waals surface area contributed by atoms with Crippen LogP contribution in [0.25, 0.3) is 0 Å². The van der Waals surface area contributed by atoms with Gasteiger partial charge in [0.1, 0.15) is 11.1 Å². The minimum atomic E-state index is -0.394. The monoisotopic (exact) mass is 391 g/mol. The Morgan fingerprint density at radius 3 is 2.78 bits per heavy atom. The lowest BCUT2D eigenvalue weighted by Crippen LogP contribution is -2.40. The van der Waals surface area contributed by atoms with E-state index >= 15 is 0 Å². The molecule has 0 spiro atoms. The second-order valence-corrected chi connectivity index (χ2v) is 6.75. The van der Waals surface area contributed by atoms with E-state index in [1.165, 1.54) is 11.3 Å². The van der Waals surface area contributed by atoms with Crippen LogP contribution in [0.3, 0.4) is 0 Å². The number of benzene rings is 1. The number of carbonyl (C=O) groups excluding carboxylic acids is 2. The number of nitrogens with zero attached hydrogens (tertiary/aromatic N) is 1. The summed E-state index contributed by atoms with van der Waals surface area (Å²) in [6.45, 7) is 0.985. The van der Waals surface area contributed by atoms with Crippen molar-refractivity contribution < 1.29 is 23.8 Å². The third kappa shape index (κ3) is 4.62. The first-order chi connectivity index (χ1) is 13.1. The SMILES string of the molecule is COc1ccc(CNC(=O)NCC2CN(c3cccs3)C(=O)O2)cc1OC. The minimum absolute atomic E-state index is 0.241. The highest BCUT2D eigenvalue weighted by Gasteiger charge is 2.32. The summed E-state index contributed by atoms with van der Waals surface area (Å²) in [7, 11) is 3.13. The Morgan fingerprint density at radius 2 is 2.07 bits per heavy atom. The standard InChI is InChI=1S/C18H21N3O5S/c1-24-14-6-5-12(8-15(14)25-2)9-19-17(22)20-10-13-11-21(18(23)26-13)16-4-3-7-27-16/h3-8,13H,9-11H2,1-2H3,(H2,19,20,22). The van der Waals surface area contributed by atoms with Gasteiger partial charge in [-0.2, -0.15) is 0 Å². The molecule has 3 amide bonds. The predicted molar refractivity (Wildman–Crippen MR) is 102 cm³/mol. The van der Waals surface area contributed by atoms with Gasteiger partial charge in [-0.25, -0.2) is 9.59 Å². The van der Waals surface area contributed by atoms with Gasteiger partial charge in [0, 0.05) is 6.54 Å². The third-order valence-electron chi connectivity index (χ3n) is 4.04. The fraction of sp³-hybridized carbons (Fsp3) is 0.333. The lowest BCUT2D eigenvalue weighted by Gasteiger charge is -2.12. The second kappa shape index (κ2) is 8.63. The normalized spacial score (nSPS) is 16.0. The van der Waals surface area contributed by atoms with Crippen molar-refractivity contribution in [1.29, 1.82) is 0 Å². The zero-order valence-electron chi connectivity index (χ0n) is 15.1. The molecule has 1 unspecified atom stereocenters. The summed E-state index contributed by atoms with van der Waals surface area (Å²) in [4.78, 5) is 25.5. The smallest absolute Gasteiger partial charge is 0.415 e. The van der Waals surface area contributed by atoms with Crippen LogP contribution in [-0.4, -0.2) is 45.5 Å². The number of nitrogens with one attached hydrogen (secondary N) is 2. The van der Waals surface area contributed by atoms with Crippen LogP contribution in [0.2, 0.25) is 0 Å². The zero-order chi connectivity index (χ0) is 19.2. The summed E-state index contributed by atoms with van der Waals surface area (Å²) < 4.78 is 15.7. The van der Waals surface area contributed by atoms with E-state index in [0.29, 0.717) is 24.6 Å². The van der Waals surface area contributed by atoms with Gasteiger partial charge in [0.2, 0.25) is 0 Å². The number of rotatable bonds is 7. The van der Waals surface area contributed by atoms with Gasteiger partial charge >= 0.3 is 12.1 Å². The molecule has 0 saturated carbocycles. The van der Waals surface area contributed by atoms with Gasteiger partial charge < -0.3 is 24.8 Å². The van der Waals surface area contributed by atoms with Gasteiger partial charge in [-0.3, -0.25) is 4.90 Å². The predicted octanol–water partition coefficient (Wildman–Crippen LogP) is 2.59. The van der Waals surface area contributed by atoms with Crippen molar-refractivity contribution in [2.75, 3.05) is 32.2 Å². The molecule has 3 rings (SSSR count). The van der Waals surface area contributed by atoms with Crippen LogP contribution < -0.4 is 25.0 Å². The highest BCUT2D eigenvalue weighted by Crippen LogP contribution is 2.27. The molecule has 1 aromatic carbocycles. The lowest BCUT2D eigenvalue weighted by atomic mass is 10.2. The van der Waals surface area contributed by atoms with Crippen molar-refractivity contribution in [3.8, 4) is 11.5 Å². The molecule has 27 heavy (non-hydrogen) atoms. The second-order valence-electron chi connectivity index (χ2n) is 5.82. The fourth-order valence-electron chi connectivity index (χ4n) is 2.67. The lowest BCUT2D eigenvalue weighted by molar-refractivity contribution is 0.140. The Morgan fingerprint density at radius 1 is 1.26 bits per heavy atom. The molecular weight excluding hydrogens is 370 g/mol. The Kier molecular flexibility index (Phi) is 6.02. The molecule has 144 valence electrons. The van der Waals surface area contributed by atoms with E-state index in [-0.39, 0.29) is 18.7 Å². The number of amides is 3. The summed E-state index contributed by atoms with van der Waals surface area (Å²) >= 11 is 1.47. The number of cyclic esters (lactones) is 1. The molecule has 0 radical (unpaired) electrons. The maximum Gasteiger partial charge on any atom is 0.415 e. The molecule has 1 aromatic heterocycles. The molecule has 2 N–H and O–H groups in total. The van der Waals surface area contributed by atoms with Crippen molar-refractivity contribution >= 4 is 28.5 Å². The summed E-state index contributed by atoms with van der Waals surface area (Å²) in [6, 6.07) is 8.83. The summed E-state index contributed by atoms with van der Waals surface area (Å²) in [5.74, 6) is 1.23. The number of anilines is 1. The van der Waals surface area contributed by atoms with Crippen LogP contribution in [0.1, 0.15) is 5.56 Å². The minimum Gasteiger partial charge on any atom is -0.493 e. The van der Waals surface area contributed by atoms with Gasteiger partial charge in [-0.15, -0.1) is 11.3 Å². The number of methoxy groups -OCH3 is 2. The maximum absolute atomic E-state index is 12.0. The fourth-order valence-corrected chi connectivity index (χ4v) is 3.40. The molecule has 0 bridgehead atoms. The largest absolute Gasteiger partial charge is 0.493 e. The van der Waals surface area contributed by atoms with E-state index in [9.17, 15) is 9.59 Å². The molecule has 9 heteroatoms. The Hall–Kier alpha value is -2.94. The van der Waals surface area contributed by atoms with Crippen LogP contribution in [0.4, 0.5) is 14.6 Å². The zero-order valence-corrected chi connectivity index (χ0v) is 15.9. The molecule has 8 nitrogen and oxygen atoms in total. The summed E-state index contributed by atoms with van der Waals surface area (Å²) in [5.41, 5.74) is 0.874. The highest BCUT2D eigenvalue weighted by molar-refractivity contribution is 7.14. The molecule has 1 atom stereocenters. The molecule has 2 aromatic rings. The van der Waals surface area contributed by atoms with Crippen molar-refractivity contribution in [1.82, 2.24) is 10.6 Å². The number of hydrogen-bond acceptors (Lipinski definition) is 6. The van der Waals surface area contributed by atoms with Crippen molar-refractivity contribution in [2.24, 2.45) is 0 Å². The number of urea groups is 1. The van der Waals surface area contributed by atoms with Gasteiger partial charge in [0.05, 0.1) is 27.3 Å². The van der Waals surface area contributed by atoms with Crippen LogP contribution in [0, 0.1) is 0 Å². The topological polar surface area (TPSA) is 89.1 Å². The van der Waals surface area contributed by atoms with Crippen LogP contribution in [0.5, 0.6) is 11.5 Å². The van der Waals surface area contributed by atoms with Crippen LogP contribution in [-0.2, 0) is 11.3 Å². The Labute approximate surface area is 161 Å². The van der Waals surface area contributed by atoms with E-state index in [0.717, 1.165) is 10.6 Å². The first kappa shape index (κ1) is 18.8. The molecular formula is C18H21N3O5S. The van der Waals surface area contributed by atoms with Crippen molar-refractivity contribution in [3.05, 3.63) is 41.3 Å². The Bertz CT molecular complexity index is 796. The van der Waals surface area contributed by atoms with E-state index in [1.807, 2.05) is 23.6 Å². The summed E-state index contributed by atoms with van der Waals surface area (Å²) in [5, 5.41) is 8.22. The Balaban J connectivity index is 1.44. The molecule has 1 fully saturated rings. The molecule has 1 saturated heterocycles. The van der Waals surface area contributed by atoms with Gasteiger partial charge in [0.25, 0.3) is 0 Å². The summed E-state index contributed by atoms with van der Waals surface area (Å²) in [6.07, 6.45) is -0.776. The first-order valence-corrected chi connectivity index (χ1v) is 9.23. The van der Waals surface area contributed by atoms with Gasteiger partial charge in [-0.1, -0.05) is 6.07 Å². The molecule has 1 aliphatic heterocycles. The van der Waals surface area contributed by atoms with Crippen molar-refractivity contribution in [3.63, 3.8) is 0 Å².